The summed E-state index contributed by atoms with van der Waals surface area (Å²) in [5.41, 5.74) is 5.80. The van der Waals surface area contributed by atoms with Gasteiger partial charge in [-0.2, -0.15) is 0 Å². The quantitative estimate of drug-likeness (QED) is 0.791. The van der Waals surface area contributed by atoms with E-state index in [1.165, 1.54) is 24.6 Å². The van der Waals surface area contributed by atoms with Gasteiger partial charge in [0.2, 0.25) is 5.91 Å². The number of amides is 1. The molecule has 0 saturated heterocycles. The fourth-order valence-electron chi connectivity index (χ4n) is 2.46. The number of rotatable bonds is 2. The van der Waals surface area contributed by atoms with Crippen molar-refractivity contribution in [1.29, 1.82) is 0 Å². The second-order valence-corrected chi connectivity index (χ2v) is 5.31. The zero-order chi connectivity index (χ0) is 13.2. The molecule has 1 fully saturated rings. The first kappa shape index (κ1) is 12.9. The Morgan fingerprint density at radius 2 is 2.00 bits per heavy atom. The van der Waals surface area contributed by atoms with Crippen molar-refractivity contribution < 1.29 is 9.18 Å². The van der Waals surface area contributed by atoms with Crippen LogP contribution in [-0.4, -0.2) is 5.91 Å². The van der Waals surface area contributed by atoms with Gasteiger partial charge in [0.1, 0.15) is 5.82 Å². The highest BCUT2D eigenvalue weighted by atomic mass is 19.1. The van der Waals surface area contributed by atoms with Gasteiger partial charge in [-0.15, -0.1) is 0 Å². The minimum absolute atomic E-state index is 0.00760. The lowest BCUT2D eigenvalue weighted by Gasteiger charge is -2.32. The molecule has 1 aromatic carbocycles. The Morgan fingerprint density at radius 3 is 2.61 bits per heavy atom. The third-order valence-electron chi connectivity index (χ3n) is 3.76. The van der Waals surface area contributed by atoms with Crippen molar-refractivity contribution in [2.75, 3.05) is 11.1 Å². The molecule has 2 rings (SSSR count). The molecule has 18 heavy (non-hydrogen) atoms. The summed E-state index contributed by atoms with van der Waals surface area (Å²) in [7, 11) is 0. The SMILES string of the molecule is CC1(C(=O)Nc2ccc(F)c(N)c2)CCCCC1. The number of nitrogen functional groups attached to an aromatic ring is 1. The van der Waals surface area contributed by atoms with Crippen molar-refractivity contribution in [1.82, 2.24) is 0 Å². The summed E-state index contributed by atoms with van der Waals surface area (Å²) in [6.07, 6.45) is 5.21. The second-order valence-electron chi connectivity index (χ2n) is 5.31. The van der Waals surface area contributed by atoms with Gasteiger partial charge in [-0.05, 0) is 31.0 Å². The minimum atomic E-state index is -0.461. The van der Waals surface area contributed by atoms with Gasteiger partial charge < -0.3 is 11.1 Å². The summed E-state index contributed by atoms with van der Waals surface area (Å²) in [6.45, 7) is 1.99. The number of nitrogens with two attached hydrogens (primary N) is 1. The van der Waals surface area contributed by atoms with Gasteiger partial charge in [0.25, 0.3) is 0 Å². The maximum absolute atomic E-state index is 13.0. The Labute approximate surface area is 107 Å². The highest BCUT2D eigenvalue weighted by Gasteiger charge is 2.34. The Hall–Kier alpha value is -1.58. The van der Waals surface area contributed by atoms with Crippen LogP contribution in [0.15, 0.2) is 18.2 Å². The van der Waals surface area contributed by atoms with Gasteiger partial charge in [-0.1, -0.05) is 26.2 Å². The largest absolute Gasteiger partial charge is 0.396 e. The van der Waals surface area contributed by atoms with Crippen LogP contribution in [0.2, 0.25) is 0 Å². The van der Waals surface area contributed by atoms with Crippen LogP contribution in [0, 0.1) is 11.2 Å². The van der Waals surface area contributed by atoms with Gasteiger partial charge in [-0.3, -0.25) is 4.79 Å². The first-order valence-electron chi connectivity index (χ1n) is 6.38. The van der Waals surface area contributed by atoms with E-state index >= 15 is 0 Å². The molecular weight excluding hydrogens is 231 g/mol. The molecule has 1 aliphatic rings. The molecule has 0 unspecified atom stereocenters. The summed E-state index contributed by atoms with van der Waals surface area (Å²) in [6, 6.07) is 4.27. The van der Waals surface area contributed by atoms with E-state index in [0.29, 0.717) is 5.69 Å². The van der Waals surface area contributed by atoms with Crippen LogP contribution in [0.4, 0.5) is 15.8 Å². The minimum Gasteiger partial charge on any atom is -0.396 e. The van der Waals surface area contributed by atoms with Gasteiger partial charge in [0, 0.05) is 11.1 Å². The number of carbonyl (C=O) groups excluding carboxylic acids is 1. The van der Waals surface area contributed by atoms with Crippen LogP contribution >= 0.6 is 0 Å². The normalized spacial score (nSPS) is 18.3. The smallest absolute Gasteiger partial charge is 0.230 e. The number of hydrogen-bond donors (Lipinski definition) is 2. The summed E-state index contributed by atoms with van der Waals surface area (Å²) in [4.78, 5) is 12.2. The van der Waals surface area contributed by atoms with Crippen LogP contribution in [0.25, 0.3) is 0 Å². The van der Waals surface area contributed by atoms with Crippen LogP contribution in [0.3, 0.4) is 0 Å². The van der Waals surface area contributed by atoms with E-state index in [0.717, 1.165) is 25.7 Å². The van der Waals surface area contributed by atoms with E-state index < -0.39 is 5.82 Å². The van der Waals surface area contributed by atoms with Crippen molar-refractivity contribution in [3.8, 4) is 0 Å². The van der Waals surface area contributed by atoms with Crippen molar-refractivity contribution >= 4 is 17.3 Å². The molecule has 1 saturated carbocycles. The number of nitrogens with one attached hydrogen (secondary N) is 1. The molecular formula is C14H19FN2O. The lowest BCUT2D eigenvalue weighted by atomic mass is 9.75. The van der Waals surface area contributed by atoms with E-state index in [1.54, 1.807) is 0 Å². The molecule has 98 valence electrons. The van der Waals surface area contributed by atoms with E-state index in [-0.39, 0.29) is 17.0 Å². The van der Waals surface area contributed by atoms with E-state index in [1.807, 2.05) is 6.92 Å². The molecule has 0 aromatic heterocycles. The monoisotopic (exact) mass is 250 g/mol. The zero-order valence-corrected chi connectivity index (χ0v) is 10.6. The third kappa shape index (κ3) is 2.63. The molecule has 0 heterocycles. The number of halogens is 1. The lowest BCUT2D eigenvalue weighted by molar-refractivity contribution is -0.126. The number of benzene rings is 1. The second kappa shape index (κ2) is 4.96. The summed E-state index contributed by atoms with van der Waals surface area (Å²) >= 11 is 0. The maximum atomic E-state index is 13.0. The van der Waals surface area contributed by atoms with Crippen molar-refractivity contribution in [3.05, 3.63) is 24.0 Å². The van der Waals surface area contributed by atoms with E-state index in [2.05, 4.69) is 5.32 Å². The van der Waals surface area contributed by atoms with Crippen LogP contribution in [0.5, 0.6) is 0 Å². The van der Waals surface area contributed by atoms with Crippen LogP contribution in [-0.2, 0) is 4.79 Å². The lowest BCUT2D eigenvalue weighted by Crippen LogP contribution is -2.35. The van der Waals surface area contributed by atoms with Crippen molar-refractivity contribution in [2.24, 2.45) is 5.41 Å². The standard InChI is InChI=1S/C14H19FN2O/c1-14(7-3-2-4-8-14)13(18)17-10-5-6-11(15)12(16)9-10/h5-6,9H,2-4,7-8,16H2,1H3,(H,17,18). The molecule has 1 aliphatic carbocycles. The Morgan fingerprint density at radius 1 is 1.33 bits per heavy atom. The fourth-order valence-corrected chi connectivity index (χ4v) is 2.46. The molecule has 3 N–H and O–H groups in total. The first-order chi connectivity index (χ1) is 8.51. The highest BCUT2D eigenvalue weighted by molar-refractivity contribution is 5.95. The molecule has 0 spiro atoms. The average molecular weight is 250 g/mol. The molecule has 1 aromatic rings. The molecule has 0 aliphatic heterocycles. The summed E-state index contributed by atoms with van der Waals surface area (Å²) in [5.74, 6) is -0.454. The van der Waals surface area contributed by atoms with Gasteiger partial charge >= 0.3 is 0 Å². The van der Waals surface area contributed by atoms with Crippen molar-refractivity contribution in [3.63, 3.8) is 0 Å². The fraction of sp³-hybridized carbons (Fsp3) is 0.500. The predicted octanol–water partition coefficient (Wildman–Crippen LogP) is 3.32. The summed E-state index contributed by atoms with van der Waals surface area (Å²) in [5, 5.41) is 2.83. The number of hydrogen-bond acceptors (Lipinski definition) is 2. The highest BCUT2D eigenvalue weighted by Crippen LogP contribution is 2.36. The molecule has 0 bridgehead atoms. The molecule has 4 heteroatoms. The Bertz CT molecular complexity index is 453. The molecule has 0 radical (unpaired) electrons. The van der Waals surface area contributed by atoms with E-state index in [9.17, 15) is 9.18 Å². The zero-order valence-electron chi connectivity index (χ0n) is 10.6. The number of carbonyl (C=O) groups is 1. The molecule has 3 nitrogen and oxygen atoms in total. The molecule has 0 atom stereocenters. The first-order valence-corrected chi connectivity index (χ1v) is 6.38. The predicted molar refractivity (Wildman–Crippen MR) is 70.6 cm³/mol. The van der Waals surface area contributed by atoms with Crippen molar-refractivity contribution in [2.45, 2.75) is 39.0 Å². The van der Waals surface area contributed by atoms with Crippen LogP contribution < -0.4 is 11.1 Å². The Balaban J connectivity index is 2.08. The number of anilines is 2. The Kier molecular flexibility index (Phi) is 3.55. The van der Waals surface area contributed by atoms with E-state index in [4.69, 9.17) is 5.73 Å². The maximum Gasteiger partial charge on any atom is 0.230 e. The summed E-state index contributed by atoms with van der Waals surface area (Å²) < 4.78 is 13.0. The average Bonchev–Trinajstić information content (AvgIpc) is 2.35. The van der Waals surface area contributed by atoms with Gasteiger partial charge in [0.05, 0.1) is 5.69 Å². The third-order valence-corrected chi connectivity index (χ3v) is 3.76. The van der Waals surface area contributed by atoms with Crippen LogP contribution in [0.1, 0.15) is 39.0 Å². The van der Waals surface area contributed by atoms with Gasteiger partial charge in [-0.25, -0.2) is 4.39 Å². The molecule has 1 amide bonds. The van der Waals surface area contributed by atoms with Gasteiger partial charge in [0.15, 0.2) is 0 Å². The topological polar surface area (TPSA) is 55.1 Å².